The Morgan fingerprint density at radius 2 is 2.00 bits per heavy atom. The van der Waals surface area contributed by atoms with Crippen LogP contribution < -0.4 is 9.99 Å². The lowest BCUT2D eigenvalue weighted by molar-refractivity contribution is -0.138. The average molecular weight is 478 g/mol. The van der Waals surface area contributed by atoms with E-state index in [1.165, 1.54) is 0 Å². The number of carbonyl (C=O) groups is 2. The second-order valence-electron chi connectivity index (χ2n) is 11.6. The second-order valence-corrected chi connectivity index (χ2v) is 12.6. The summed E-state index contributed by atoms with van der Waals surface area (Å²) in [6, 6.07) is 0. The third kappa shape index (κ3) is 5.45. The Morgan fingerprint density at radius 1 is 1.27 bits per heavy atom. The molecule has 186 valence electrons. The number of unbranched alkanes of at least 4 members (excludes halogenated alkanes) is 1. The SMILES string of the molecule is CCCCc1cn(C(C)(C)C)sc1=NC(=O)C1CCC(C)(C(=O)NC[C@@H]2CCCO2)C1(C)C. The van der Waals surface area contributed by atoms with Gasteiger partial charge in [-0.25, -0.2) is 4.99 Å². The number of hydrogen-bond donors (Lipinski definition) is 1. The van der Waals surface area contributed by atoms with Gasteiger partial charge in [0.05, 0.1) is 11.5 Å². The fourth-order valence-electron chi connectivity index (χ4n) is 5.06. The number of rotatable bonds is 7. The Labute approximate surface area is 203 Å². The van der Waals surface area contributed by atoms with Gasteiger partial charge in [-0.05, 0) is 76.2 Å². The normalized spacial score (nSPS) is 27.8. The van der Waals surface area contributed by atoms with Crippen molar-refractivity contribution in [2.45, 2.75) is 105 Å². The van der Waals surface area contributed by atoms with Crippen LogP contribution in [-0.4, -0.2) is 35.0 Å². The molecule has 7 heteroatoms. The summed E-state index contributed by atoms with van der Waals surface area (Å²) in [5.74, 6) is -0.319. The summed E-state index contributed by atoms with van der Waals surface area (Å²) in [6.45, 7) is 16.1. The molecule has 33 heavy (non-hydrogen) atoms. The van der Waals surface area contributed by atoms with E-state index in [2.05, 4.69) is 62.0 Å². The quantitative estimate of drug-likeness (QED) is 0.612. The van der Waals surface area contributed by atoms with Crippen LogP contribution in [0.5, 0.6) is 0 Å². The van der Waals surface area contributed by atoms with Crippen LogP contribution in [0.4, 0.5) is 0 Å². The van der Waals surface area contributed by atoms with Crippen molar-refractivity contribution in [3.05, 3.63) is 16.4 Å². The minimum Gasteiger partial charge on any atom is -0.376 e. The molecule has 0 aromatic carbocycles. The fraction of sp³-hybridized carbons (Fsp3) is 0.808. The number of carbonyl (C=O) groups excluding carboxylic acids is 2. The molecule has 1 saturated carbocycles. The van der Waals surface area contributed by atoms with Gasteiger partial charge in [0.25, 0.3) is 5.91 Å². The van der Waals surface area contributed by atoms with E-state index in [1.54, 1.807) is 11.5 Å². The third-order valence-corrected chi connectivity index (χ3v) is 9.32. The van der Waals surface area contributed by atoms with Gasteiger partial charge in [0.1, 0.15) is 4.67 Å². The molecule has 3 rings (SSSR count). The molecule has 1 aliphatic heterocycles. The van der Waals surface area contributed by atoms with Crippen LogP contribution in [0.2, 0.25) is 0 Å². The molecule has 2 amide bonds. The Bertz CT molecular complexity index is 918. The number of nitrogens with zero attached hydrogens (tertiary/aromatic N) is 2. The lowest BCUT2D eigenvalue weighted by Crippen LogP contribution is -2.49. The summed E-state index contributed by atoms with van der Waals surface area (Å²) < 4.78 is 8.69. The lowest BCUT2D eigenvalue weighted by atomic mass is 9.65. The number of aryl methyl sites for hydroxylation is 1. The molecule has 0 bridgehead atoms. The first-order valence-electron chi connectivity index (χ1n) is 12.6. The summed E-state index contributed by atoms with van der Waals surface area (Å²) in [5.41, 5.74) is 0.0230. The number of nitrogens with one attached hydrogen (secondary N) is 1. The van der Waals surface area contributed by atoms with E-state index >= 15 is 0 Å². The molecule has 0 radical (unpaired) electrons. The van der Waals surface area contributed by atoms with E-state index < -0.39 is 10.8 Å². The van der Waals surface area contributed by atoms with Crippen LogP contribution in [-0.2, 0) is 26.3 Å². The van der Waals surface area contributed by atoms with Gasteiger partial charge in [0.2, 0.25) is 5.91 Å². The molecule has 2 fully saturated rings. The zero-order chi connectivity index (χ0) is 24.4. The van der Waals surface area contributed by atoms with Gasteiger partial charge < -0.3 is 10.1 Å². The van der Waals surface area contributed by atoms with Crippen LogP contribution in [0.3, 0.4) is 0 Å². The molecule has 1 aromatic rings. The van der Waals surface area contributed by atoms with Gasteiger partial charge in [0.15, 0.2) is 0 Å². The van der Waals surface area contributed by atoms with Crippen molar-refractivity contribution >= 4 is 23.3 Å². The number of ether oxygens (including phenoxy) is 1. The van der Waals surface area contributed by atoms with Crippen LogP contribution in [0.25, 0.3) is 0 Å². The van der Waals surface area contributed by atoms with Gasteiger partial charge in [-0.15, -0.1) is 0 Å². The molecule has 6 nitrogen and oxygen atoms in total. The Hall–Kier alpha value is -1.47. The number of hydrogen-bond acceptors (Lipinski definition) is 4. The number of amides is 2. The maximum Gasteiger partial charge on any atom is 0.250 e. The Balaban J connectivity index is 1.80. The summed E-state index contributed by atoms with van der Waals surface area (Å²) >= 11 is 1.57. The van der Waals surface area contributed by atoms with E-state index in [-0.39, 0.29) is 29.4 Å². The predicted molar refractivity (Wildman–Crippen MR) is 133 cm³/mol. The first-order valence-corrected chi connectivity index (χ1v) is 13.4. The van der Waals surface area contributed by atoms with E-state index in [0.29, 0.717) is 19.4 Å². The molecule has 2 unspecified atom stereocenters. The highest BCUT2D eigenvalue weighted by Gasteiger charge is 2.58. The number of aromatic nitrogens is 1. The molecule has 2 aliphatic rings. The maximum absolute atomic E-state index is 13.5. The molecule has 1 saturated heterocycles. The van der Waals surface area contributed by atoms with Crippen molar-refractivity contribution < 1.29 is 14.3 Å². The third-order valence-electron chi connectivity index (χ3n) is 7.94. The monoisotopic (exact) mass is 477 g/mol. The first kappa shape index (κ1) is 26.1. The molecular formula is C26H43N3O3S. The second kappa shape index (κ2) is 10.0. The van der Waals surface area contributed by atoms with Crippen LogP contribution in [0.1, 0.15) is 92.6 Å². The minimum absolute atomic E-state index is 0.0311. The first-order chi connectivity index (χ1) is 15.4. The van der Waals surface area contributed by atoms with Gasteiger partial charge in [0, 0.05) is 36.4 Å². The smallest absolute Gasteiger partial charge is 0.250 e. The Kier molecular flexibility index (Phi) is 7.94. The van der Waals surface area contributed by atoms with Crippen molar-refractivity contribution in [3.63, 3.8) is 0 Å². The predicted octanol–water partition coefficient (Wildman–Crippen LogP) is 4.81. The highest BCUT2D eigenvalue weighted by Crippen LogP contribution is 2.56. The standard InChI is InChI=1S/C26H43N3O3S/c1-8-9-11-18-17-29(24(2,3)4)33-22(18)28-21(30)20-13-14-26(7,25(20,5)6)23(31)27-16-19-12-10-15-32-19/h17,19-20H,8-16H2,1-7H3,(H,27,31)/t19-,20?,26?/m0/s1. The van der Waals surface area contributed by atoms with Crippen molar-refractivity contribution in [2.24, 2.45) is 21.7 Å². The van der Waals surface area contributed by atoms with Gasteiger partial charge in [-0.2, -0.15) is 0 Å². The minimum atomic E-state index is -0.604. The van der Waals surface area contributed by atoms with Gasteiger partial charge in [-0.1, -0.05) is 34.1 Å². The highest BCUT2D eigenvalue weighted by molar-refractivity contribution is 7.04. The zero-order valence-corrected chi connectivity index (χ0v) is 22.4. The molecule has 1 N–H and O–H groups in total. The van der Waals surface area contributed by atoms with Crippen LogP contribution >= 0.6 is 11.5 Å². The van der Waals surface area contributed by atoms with Gasteiger partial charge in [-0.3, -0.25) is 13.5 Å². The topological polar surface area (TPSA) is 72.7 Å². The van der Waals surface area contributed by atoms with E-state index in [0.717, 1.165) is 48.9 Å². The summed E-state index contributed by atoms with van der Waals surface area (Å²) in [7, 11) is 0. The summed E-state index contributed by atoms with van der Waals surface area (Å²) in [5, 5.41) is 3.12. The molecule has 1 aromatic heterocycles. The lowest BCUT2D eigenvalue weighted by Gasteiger charge is -2.39. The van der Waals surface area contributed by atoms with Crippen LogP contribution in [0, 0.1) is 16.7 Å². The van der Waals surface area contributed by atoms with E-state index in [1.807, 2.05) is 6.92 Å². The van der Waals surface area contributed by atoms with Gasteiger partial charge >= 0.3 is 0 Å². The molecule has 0 spiro atoms. The van der Waals surface area contributed by atoms with Crippen molar-refractivity contribution in [3.8, 4) is 0 Å². The summed E-state index contributed by atoms with van der Waals surface area (Å²) in [4.78, 5) is 31.4. The molecule has 1 aliphatic carbocycles. The molecule has 3 atom stereocenters. The molecular weight excluding hydrogens is 434 g/mol. The van der Waals surface area contributed by atoms with E-state index in [9.17, 15) is 9.59 Å². The highest BCUT2D eigenvalue weighted by atomic mass is 32.1. The van der Waals surface area contributed by atoms with E-state index in [4.69, 9.17) is 4.74 Å². The fourth-order valence-corrected chi connectivity index (χ4v) is 6.10. The Morgan fingerprint density at radius 3 is 2.61 bits per heavy atom. The van der Waals surface area contributed by atoms with Crippen LogP contribution in [0.15, 0.2) is 11.2 Å². The zero-order valence-electron chi connectivity index (χ0n) is 21.6. The van der Waals surface area contributed by atoms with Crippen molar-refractivity contribution in [1.29, 1.82) is 0 Å². The maximum atomic E-state index is 13.5. The molecule has 2 heterocycles. The van der Waals surface area contributed by atoms with Crippen molar-refractivity contribution in [2.75, 3.05) is 13.2 Å². The summed E-state index contributed by atoms with van der Waals surface area (Å²) in [6.07, 6.45) is 8.82. The average Bonchev–Trinajstić information content (AvgIpc) is 3.44. The van der Waals surface area contributed by atoms with Crippen molar-refractivity contribution in [1.82, 2.24) is 9.27 Å². The largest absolute Gasteiger partial charge is 0.376 e.